The molecule has 7 rings (SSSR count). The van der Waals surface area contributed by atoms with Gasteiger partial charge >= 0.3 is 0 Å². The van der Waals surface area contributed by atoms with Crippen molar-refractivity contribution in [1.29, 1.82) is 0 Å². The lowest BCUT2D eigenvalue weighted by Crippen LogP contribution is -2.68. The standard InChI is InChI=1S/C31H38N2O5/c1-16-14-30-17(2)12-21-23(28(21,3)4)20(24(30)34)13-18-15-36-29(5,6)38-26(18)31(30,35)25(16)37-27-19-10-8-9-11-22(19)33(7)32-27/h8-11,13-14,17,20-21,23,25-26,35H,12,15H2,1-7H3/t17-,20+,21-,23?,25+,26-,30+,31-/m1/s1. The van der Waals surface area contributed by atoms with E-state index < -0.39 is 29.0 Å². The van der Waals surface area contributed by atoms with Crippen LogP contribution in [0.4, 0.5) is 0 Å². The molecule has 3 fully saturated rings. The van der Waals surface area contributed by atoms with Gasteiger partial charge in [0.05, 0.1) is 22.9 Å². The number of rotatable bonds is 2. The van der Waals surface area contributed by atoms with E-state index in [9.17, 15) is 9.90 Å². The zero-order valence-corrected chi connectivity index (χ0v) is 23.3. The summed E-state index contributed by atoms with van der Waals surface area (Å²) in [5.41, 5.74) is -0.0996. The van der Waals surface area contributed by atoms with Gasteiger partial charge in [-0.15, -0.1) is 5.10 Å². The highest BCUT2D eigenvalue weighted by atomic mass is 16.7. The number of benzene rings is 1. The molecule has 4 aliphatic carbocycles. The Morgan fingerprint density at radius 2 is 1.92 bits per heavy atom. The molecule has 7 heteroatoms. The summed E-state index contributed by atoms with van der Waals surface area (Å²) in [7, 11) is 1.88. The van der Waals surface area contributed by atoms with Crippen LogP contribution in [0.5, 0.6) is 5.88 Å². The van der Waals surface area contributed by atoms with E-state index in [2.05, 4.69) is 31.9 Å². The van der Waals surface area contributed by atoms with Crippen molar-refractivity contribution in [3.05, 3.63) is 47.6 Å². The molecular weight excluding hydrogens is 480 g/mol. The van der Waals surface area contributed by atoms with E-state index in [1.165, 1.54) is 0 Å². The van der Waals surface area contributed by atoms with Crippen LogP contribution in [0.1, 0.15) is 48.0 Å². The number of nitrogens with zero attached hydrogens (tertiary/aromatic N) is 2. The number of fused-ring (bicyclic) bond motifs is 6. The monoisotopic (exact) mass is 518 g/mol. The van der Waals surface area contributed by atoms with Crippen molar-refractivity contribution in [2.45, 2.75) is 71.6 Å². The average Bonchev–Trinajstić information content (AvgIpc) is 3.17. The summed E-state index contributed by atoms with van der Waals surface area (Å²) in [6.45, 7) is 12.7. The maximum absolute atomic E-state index is 14.8. The Kier molecular flexibility index (Phi) is 4.77. The molecule has 2 heterocycles. The van der Waals surface area contributed by atoms with Crippen molar-refractivity contribution in [3.63, 3.8) is 0 Å². The summed E-state index contributed by atoms with van der Waals surface area (Å²) in [6, 6.07) is 7.89. The molecule has 8 atom stereocenters. The van der Waals surface area contributed by atoms with Gasteiger partial charge in [-0.1, -0.05) is 45.1 Å². The zero-order chi connectivity index (χ0) is 27.0. The predicted molar refractivity (Wildman–Crippen MR) is 142 cm³/mol. The summed E-state index contributed by atoms with van der Waals surface area (Å²) in [4.78, 5) is 14.8. The molecule has 38 heavy (non-hydrogen) atoms. The molecule has 202 valence electrons. The third kappa shape index (κ3) is 2.85. The van der Waals surface area contributed by atoms with Gasteiger partial charge < -0.3 is 19.3 Å². The van der Waals surface area contributed by atoms with Gasteiger partial charge in [-0.2, -0.15) is 0 Å². The largest absolute Gasteiger partial charge is 0.465 e. The quantitative estimate of drug-likeness (QED) is 0.586. The van der Waals surface area contributed by atoms with Crippen molar-refractivity contribution in [2.75, 3.05) is 6.61 Å². The average molecular weight is 519 g/mol. The van der Waals surface area contributed by atoms with Crippen LogP contribution < -0.4 is 4.74 Å². The molecule has 5 aliphatic rings. The van der Waals surface area contributed by atoms with Crippen molar-refractivity contribution in [2.24, 2.45) is 41.5 Å². The minimum absolute atomic E-state index is 0.0843. The number of aromatic nitrogens is 2. The van der Waals surface area contributed by atoms with Crippen LogP contribution >= 0.6 is 0 Å². The maximum atomic E-state index is 14.8. The fourth-order valence-electron chi connectivity index (χ4n) is 8.68. The lowest BCUT2D eigenvalue weighted by Gasteiger charge is -2.52. The number of allylic oxidation sites excluding steroid dienone is 1. The molecule has 1 aromatic carbocycles. The van der Waals surface area contributed by atoms with Gasteiger partial charge in [0.2, 0.25) is 5.88 Å². The van der Waals surface area contributed by atoms with Gasteiger partial charge in [0.25, 0.3) is 0 Å². The van der Waals surface area contributed by atoms with E-state index in [0.717, 1.165) is 28.5 Å². The molecule has 1 aromatic heterocycles. The highest BCUT2D eigenvalue weighted by Crippen LogP contribution is 2.72. The van der Waals surface area contributed by atoms with Gasteiger partial charge in [-0.25, -0.2) is 0 Å². The molecule has 1 unspecified atom stereocenters. The van der Waals surface area contributed by atoms with Crippen LogP contribution in [0, 0.1) is 34.5 Å². The Balaban J connectivity index is 1.43. The first-order chi connectivity index (χ1) is 17.8. The molecule has 1 spiro atoms. The first-order valence-corrected chi connectivity index (χ1v) is 13.9. The minimum Gasteiger partial charge on any atom is -0.465 e. The van der Waals surface area contributed by atoms with E-state index in [1.54, 1.807) is 4.68 Å². The van der Waals surface area contributed by atoms with Crippen LogP contribution in [0.3, 0.4) is 0 Å². The number of aliphatic hydroxyl groups is 1. The van der Waals surface area contributed by atoms with Crippen molar-refractivity contribution < 1.29 is 24.1 Å². The third-order valence-corrected chi connectivity index (χ3v) is 10.6. The third-order valence-electron chi connectivity index (χ3n) is 10.6. The molecule has 2 aromatic rings. The van der Waals surface area contributed by atoms with Crippen molar-refractivity contribution >= 4 is 16.7 Å². The molecule has 2 bridgehead atoms. The summed E-state index contributed by atoms with van der Waals surface area (Å²) >= 11 is 0. The van der Waals surface area contributed by atoms with E-state index in [-0.39, 0.29) is 29.0 Å². The Labute approximate surface area is 223 Å². The SMILES string of the molecule is CC1=C[C@]23C(=O)[C@@H](C=C4COC(C)(C)O[C@H]4[C@]2(O)[C@H]1Oc1nn(C)c2ccccc12)C1[C@@H](C[C@H]3C)C1(C)C. The number of carbonyl (C=O) groups excluding carboxylic acids is 1. The number of ether oxygens (including phenoxy) is 3. The second kappa shape index (κ2) is 7.38. The van der Waals surface area contributed by atoms with Crippen LogP contribution in [0.2, 0.25) is 0 Å². The highest BCUT2D eigenvalue weighted by molar-refractivity contribution is 5.95. The molecule has 2 saturated carbocycles. The topological polar surface area (TPSA) is 82.8 Å². The fourth-order valence-corrected chi connectivity index (χ4v) is 8.68. The number of hydrogen-bond donors (Lipinski definition) is 1. The van der Waals surface area contributed by atoms with Gasteiger partial charge in [0.15, 0.2) is 23.3 Å². The first kappa shape index (κ1) is 24.6. The number of Topliss-reactive ketones (excluding diaryl/α,β-unsaturated/α-hetero) is 1. The van der Waals surface area contributed by atoms with Crippen molar-refractivity contribution in [3.8, 4) is 5.88 Å². The number of ketones is 1. The molecule has 0 radical (unpaired) electrons. The summed E-state index contributed by atoms with van der Waals surface area (Å²) in [5, 5.41) is 18.8. The first-order valence-electron chi connectivity index (χ1n) is 13.9. The predicted octanol–water partition coefficient (Wildman–Crippen LogP) is 4.59. The molecule has 1 saturated heterocycles. The minimum atomic E-state index is -1.66. The summed E-state index contributed by atoms with van der Waals surface area (Å²) in [5.74, 6) is -0.0925. The van der Waals surface area contributed by atoms with E-state index in [1.807, 2.05) is 58.2 Å². The summed E-state index contributed by atoms with van der Waals surface area (Å²) < 4.78 is 21.2. The Hall–Kier alpha value is -2.48. The van der Waals surface area contributed by atoms with Crippen LogP contribution in [0.15, 0.2) is 47.6 Å². The summed E-state index contributed by atoms with van der Waals surface area (Å²) in [6.07, 6.45) is 3.43. The molecule has 1 N–H and O–H groups in total. The van der Waals surface area contributed by atoms with Gasteiger partial charge in [-0.3, -0.25) is 9.48 Å². The number of carbonyl (C=O) groups is 1. The molecule has 7 nitrogen and oxygen atoms in total. The molecular formula is C31H38N2O5. The number of para-hydroxylation sites is 1. The smallest absolute Gasteiger partial charge is 0.241 e. The van der Waals surface area contributed by atoms with E-state index in [4.69, 9.17) is 14.2 Å². The van der Waals surface area contributed by atoms with Crippen molar-refractivity contribution in [1.82, 2.24) is 9.78 Å². The van der Waals surface area contributed by atoms with Gasteiger partial charge in [-0.05, 0) is 73.6 Å². The zero-order valence-electron chi connectivity index (χ0n) is 23.3. The maximum Gasteiger partial charge on any atom is 0.241 e. The lowest BCUT2D eigenvalue weighted by molar-refractivity contribution is -0.301. The Morgan fingerprint density at radius 1 is 1.18 bits per heavy atom. The number of aryl methyl sites for hydroxylation is 1. The Bertz CT molecular complexity index is 1430. The second-order valence-corrected chi connectivity index (χ2v) is 13.4. The number of hydrogen-bond acceptors (Lipinski definition) is 6. The molecule has 1 aliphatic heterocycles. The highest BCUT2D eigenvalue weighted by Gasteiger charge is 2.77. The van der Waals surface area contributed by atoms with Gasteiger partial charge in [0.1, 0.15) is 6.10 Å². The van der Waals surface area contributed by atoms with Gasteiger partial charge in [0, 0.05) is 13.0 Å². The second-order valence-electron chi connectivity index (χ2n) is 13.4. The normalized spacial score (nSPS) is 42.3. The van der Waals surface area contributed by atoms with E-state index in [0.29, 0.717) is 18.4 Å². The molecule has 0 amide bonds. The van der Waals surface area contributed by atoms with Crippen LogP contribution in [-0.4, -0.2) is 50.9 Å². The van der Waals surface area contributed by atoms with E-state index >= 15 is 0 Å². The van der Waals surface area contributed by atoms with Crippen LogP contribution in [0.25, 0.3) is 10.9 Å². The van der Waals surface area contributed by atoms with Crippen LogP contribution in [-0.2, 0) is 21.3 Å². The Morgan fingerprint density at radius 3 is 2.68 bits per heavy atom. The fraction of sp³-hybridized carbons (Fsp3) is 0.613. The lowest BCUT2D eigenvalue weighted by atomic mass is 9.59.